The SMILES string of the molecule is CC(C)n1ccc([C@H]2NC[C@]23CCN(C(=O)OC(C)(C)C)C3)c1. The Morgan fingerprint density at radius 3 is 2.70 bits per heavy atom. The van der Waals surface area contributed by atoms with Crippen molar-refractivity contribution in [2.45, 2.75) is 58.7 Å². The van der Waals surface area contributed by atoms with Gasteiger partial charge in [-0.3, -0.25) is 0 Å². The molecule has 2 aliphatic rings. The highest BCUT2D eigenvalue weighted by atomic mass is 16.6. The number of amides is 1. The number of ether oxygens (including phenoxy) is 1. The molecule has 2 aliphatic heterocycles. The van der Waals surface area contributed by atoms with Gasteiger partial charge in [0.1, 0.15) is 5.60 Å². The van der Waals surface area contributed by atoms with Gasteiger partial charge in [0.2, 0.25) is 0 Å². The van der Waals surface area contributed by atoms with Gasteiger partial charge in [-0.15, -0.1) is 0 Å². The van der Waals surface area contributed by atoms with E-state index in [1.807, 2.05) is 25.7 Å². The minimum absolute atomic E-state index is 0.167. The zero-order valence-corrected chi connectivity index (χ0v) is 14.9. The lowest BCUT2D eigenvalue weighted by Gasteiger charge is -2.48. The van der Waals surface area contributed by atoms with Crippen LogP contribution in [0.2, 0.25) is 0 Å². The predicted octanol–water partition coefficient (Wildman–Crippen LogP) is 3.34. The number of hydrogen-bond acceptors (Lipinski definition) is 3. The highest BCUT2D eigenvalue weighted by Crippen LogP contribution is 2.48. The van der Waals surface area contributed by atoms with Crippen molar-refractivity contribution in [2.24, 2.45) is 5.41 Å². The van der Waals surface area contributed by atoms with Crippen LogP contribution in [0.1, 0.15) is 58.7 Å². The quantitative estimate of drug-likeness (QED) is 0.909. The second kappa shape index (κ2) is 5.55. The van der Waals surface area contributed by atoms with E-state index < -0.39 is 5.60 Å². The fraction of sp³-hybridized carbons (Fsp3) is 0.722. The van der Waals surface area contributed by atoms with Crippen molar-refractivity contribution >= 4 is 6.09 Å². The Morgan fingerprint density at radius 1 is 1.43 bits per heavy atom. The summed E-state index contributed by atoms with van der Waals surface area (Å²) in [5, 5.41) is 3.56. The second-order valence-corrected chi connectivity index (χ2v) is 8.31. The molecule has 0 aromatic carbocycles. The number of hydrogen-bond donors (Lipinski definition) is 1. The third kappa shape index (κ3) is 3.11. The van der Waals surface area contributed by atoms with Crippen LogP contribution < -0.4 is 5.32 Å². The Labute approximate surface area is 139 Å². The molecule has 1 N–H and O–H groups in total. The fourth-order valence-electron chi connectivity index (χ4n) is 3.64. The first-order valence-electron chi connectivity index (χ1n) is 8.59. The zero-order chi connectivity index (χ0) is 16.8. The first-order chi connectivity index (χ1) is 10.7. The van der Waals surface area contributed by atoms with E-state index in [0.29, 0.717) is 12.1 Å². The Hall–Kier alpha value is -1.49. The van der Waals surface area contributed by atoms with Crippen molar-refractivity contribution in [3.63, 3.8) is 0 Å². The lowest BCUT2D eigenvalue weighted by molar-refractivity contribution is 0.0216. The standard InChI is InChI=1S/C18H29N3O2/c1-13(2)20-8-6-14(10-20)15-18(11-19-15)7-9-21(12-18)16(22)23-17(3,4)5/h6,8,10,13,15,19H,7,9,11-12H2,1-5H3/t15-,18+/m1/s1. The smallest absolute Gasteiger partial charge is 0.410 e. The topological polar surface area (TPSA) is 46.5 Å². The second-order valence-electron chi connectivity index (χ2n) is 8.31. The van der Waals surface area contributed by atoms with Gasteiger partial charge in [0.05, 0.1) is 0 Å². The summed E-state index contributed by atoms with van der Waals surface area (Å²) >= 11 is 0. The summed E-state index contributed by atoms with van der Waals surface area (Å²) in [5.41, 5.74) is 1.06. The maximum atomic E-state index is 12.3. The van der Waals surface area contributed by atoms with E-state index in [9.17, 15) is 4.79 Å². The van der Waals surface area contributed by atoms with Crippen LogP contribution >= 0.6 is 0 Å². The Bertz CT molecular complexity index is 587. The molecule has 1 aromatic heterocycles. The number of carbonyl (C=O) groups is 1. The molecule has 0 bridgehead atoms. The van der Waals surface area contributed by atoms with Crippen molar-refractivity contribution in [1.82, 2.24) is 14.8 Å². The van der Waals surface area contributed by atoms with Crippen molar-refractivity contribution in [2.75, 3.05) is 19.6 Å². The molecule has 0 radical (unpaired) electrons. The van der Waals surface area contributed by atoms with E-state index >= 15 is 0 Å². The van der Waals surface area contributed by atoms with Crippen LogP contribution in [-0.4, -0.2) is 40.8 Å². The first-order valence-corrected chi connectivity index (χ1v) is 8.59. The summed E-state index contributed by atoms with van der Waals surface area (Å²) in [5.74, 6) is 0. The van der Waals surface area contributed by atoms with Crippen LogP contribution in [0.4, 0.5) is 4.79 Å². The number of nitrogens with zero attached hydrogens (tertiary/aromatic N) is 2. The van der Waals surface area contributed by atoms with Crippen molar-refractivity contribution in [3.8, 4) is 0 Å². The summed E-state index contributed by atoms with van der Waals surface area (Å²) < 4.78 is 7.76. The van der Waals surface area contributed by atoms with E-state index in [1.54, 1.807) is 0 Å². The molecule has 3 rings (SSSR count). The molecule has 3 heterocycles. The third-order valence-electron chi connectivity index (χ3n) is 4.97. The van der Waals surface area contributed by atoms with Gasteiger partial charge < -0.3 is 19.5 Å². The molecule has 0 aliphatic carbocycles. The first kappa shape index (κ1) is 16.4. The summed E-state index contributed by atoms with van der Waals surface area (Å²) in [4.78, 5) is 14.2. The van der Waals surface area contributed by atoms with E-state index in [0.717, 1.165) is 26.1 Å². The van der Waals surface area contributed by atoms with Crippen LogP contribution in [0.25, 0.3) is 0 Å². The maximum absolute atomic E-state index is 12.3. The molecule has 1 aromatic rings. The molecule has 2 fully saturated rings. The van der Waals surface area contributed by atoms with Crippen LogP contribution in [0.15, 0.2) is 18.5 Å². The van der Waals surface area contributed by atoms with Crippen molar-refractivity contribution in [3.05, 3.63) is 24.0 Å². The molecule has 0 saturated carbocycles. The average molecular weight is 319 g/mol. The van der Waals surface area contributed by atoms with E-state index in [1.165, 1.54) is 5.56 Å². The summed E-state index contributed by atoms with van der Waals surface area (Å²) in [6.45, 7) is 12.7. The van der Waals surface area contributed by atoms with Gasteiger partial charge in [-0.05, 0) is 52.7 Å². The number of likely N-dealkylation sites (tertiary alicyclic amines) is 1. The summed E-state index contributed by atoms with van der Waals surface area (Å²) in [6.07, 6.45) is 5.24. The summed E-state index contributed by atoms with van der Waals surface area (Å²) in [7, 11) is 0. The minimum atomic E-state index is -0.432. The molecule has 128 valence electrons. The van der Waals surface area contributed by atoms with Crippen LogP contribution in [0.3, 0.4) is 0 Å². The predicted molar refractivity (Wildman–Crippen MR) is 90.4 cm³/mol. The highest BCUT2D eigenvalue weighted by molar-refractivity contribution is 5.68. The average Bonchev–Trinajstić information content (AvgIpc) is 3.03. The van der Waals surface area contributed by atoms with Gasteiger partial charge in [-0.25, -0.2) is 4.79 Å². The van der Waals surface area contributed by atoms with E-state index in [-0.39, 0.29) is 11.5 Å². The number of aromatic nitrogens is 1. The lowest BCUT2D eigenvalue weighted by atomic mass is 9.70. The highest BCUT2D eigenvalue weighted by Gasteiger charge is 2.52. The third-order valence-corrected chi connectivity index (χ3v) is 4.97. The molecule has 0 unspecified atom stereocenters. The number of carbonyl (C=O) groups excluding carboxylic acids is 1. The normalized spacial score (nSPS) is 27.6. The Balaban J connectivity index is 1.68. The molecule has 5 heteroatoms. The van der Waals surface area contributed by atoms with Gasteiger partial charge >= 0.3 is 6.09 Å². The van der Waals surface area contributed by atoms with Gasteiger partial charge in [0.15, 0.2) is 0 Å². The minimum Gasteiger partial charge on any atom is -0.444 e. The maximum Gasteiger partial charge on any atom is 0.410 e. The van der Waals surface area contributed by atoms with E-state index in [4.69, 9.17) is 4.74 Å². The van der Waals surface area contributed by atoms with Gasteiger partial charge in [-0.2, -0.15) is 0 Å². The van der Waals surface area contributed by atoms with Crippen molar-refractivity contribution < 1.29 is 9.53 Å². The number of nitrogens with one attached hydrogen (secondary N) is 1. The molecular weight excluding hydrogens is 290 g/mol. The van der Waals surface area contributed by atoms with Crippen LogP contribution in [-0.2, 0) is 4.74 Å². The monoisotopic (exact) mass is 319 g/mol. The molecular formula is C18H29N3O2. The van der Waals surface area contributed by atoms with Crippen LogP contribution in [0.5, 0.6) is 0 Å². The zero-order valence-electron chi connectivity index (χ0n) is 14.9. The molecule has 1 spiro atoms. The van der Waals surface area contributed by atoms with Gasteiger partial charge in [-0.1, -0.05) is 0 Å². The number of rotatable bonds is 2. The Kier molecular flexibility index (Phi) is 3.95. The van der Waals surface area contributed by atoms with Crippen LogP contribution in [0, 0.1) is 5.41 Å². The molecule has 2 atom stereocenters. The fourth-order valence-corrected chi connectivity index (χ4v) is 3.64. The molecule has 2 saturated heterocycles. The largest absolute Gasteiger partial charge is 0.444 e. The molecule has 23 heavy (non-hydrogen) atoms. The van der Waals surface area contributed by atoms with Crippen molar-refractivity contribution in [1.29, 1.82) is 0 Å². The lowest BCUT2D eigenvalue weighted by Crippen LogP contribution is -2.57. The van der Waals surface area contributed by atoms with Gasteiger partial charge in [0, 0.05) is 49.5 Å². The molecule has 5 nitrogen and oxygen atoms in total. The summed E-state index contributed by atoms with van der Waals surface area (Å²) in [6, 6.07) is 3.02. The van der Waals surface area contributed by atoms with Gasteiger partial charge in [0.25, 0.3) is 0 Å². The van der Waals surface area contributed by atoms with E-state index in [2.05, 4.69) is 42.2 Å². The Morgan fingerprint density at radius 2 is 2.17 bits per heavy atom. The molecule has 1 amide bonds.